The minimum atomic E-state index is 0.0405. The average Bonchev–Trinajstić information content (AvgIpc) is 3.24. The van der Waals surface area contributed by atoms with Crippen LogP contribution in [0.15, 0.2) is 89.4 Å². The van der Waals surface area contributed by atoms with Crippen molar-refractivity contribution in [1.29, 1.82) is 0 Å². The molecule has 0 spiro atoms. The van der Waals surface area contributed by atoms with Gasteiger partial charge in [-0.1, -0.05) is 48.0 Å². The number of aromatic hydroxyl groups is 1. The molecule has 0 unspecified atom stereocenters. The number of phenolic OH excluding ortho intramolecular Hbond substituents is 1. The van der Waals surface area contributed by atoms with Gasteiger partial charge in [0.05, 0.1) is 5.69 Å². The smallest absolute Gasteiger partial charge is 0.176 e. The fourth-order valence-electron chi connectivity index (χ4n) is 3.70. The van der Waals surface area contributed by atoms with E-state index in [0.29, 0.717) is 40.1 Å². The van der Waals surface area contributed by atoms with Crippen LogP contribution in [0, 0.1) is 6.92 Å². The lowest BCUT2D eigenvalue weighted by molar-refractivity contribution is 0.354. The van der Waals surface area contributed by atoms with Gasteiger partial charge in [0.15, 0.2) is 5.75 Å². The topological polar surface area (TPSA) is 79.7 Å². The molecule has 6 nitrogen and oxygen atoms in total. The van der Waals surface area contributed by atoms with Crippen LogP contribution in [0.4, 0.5) is 0 Å². The molecule has 4 aromatic rings. The molecule has 4 rings (SSSR count). The highest BCUT2D eigenvalue weighted by Gasteiger charge is 2.18. The zero-order valence-electron chi connectivity index (χ0n) is 20.2. The number of aromatic amines is 1. The first-order valence-corrected chi connectivity index (χ1v) is 12.0. The summed E-state index contributed by atoms with van der Waals surface area (Å²) in [6.45, 7) is 2.20. The molecule has 3 aromatic carbocycles. The van der Waals surface area contributed by atoms with Gasteiger partial charge in [-0.3, -0.25) is 10.1 Å². The summed E-state index contributed by atoms with van der Waals surface area (Å²) in [6.07, 6.45) is 5.75. The fourth-order valence-corrected chi connectivity index (χ4v) is 3.82. The number of allylic oxidation sites excluding steroid dienone is 1. The van der Waals surface area contributed by atoms with E-state index >= 15 is 0 Å². The zero-order chi connectivity index (χ0) is 25.3. The van der Waals surface area contributed by atoms with Crippen molar-refractivity contribution in [3.63, 3.8) is 0 Å². The number of aliphatic imine (C=N–C) groups is 1. The summed E-state index contributed by atoms with van der Waals surface area (Å²) in [5.41, 5.74) is 4.04. The van der Waals surface area contributed by atoms with Crippen molar-refractivity contribution in [2.75, 3.05) is 13.7 Å². The Morgan fingerprint density at radius 3 is 2.53 bits per heavy atom. The molecular formula is C29H28ClN3O3. The van der Waals surface area contributed by atoms with Crippen molar-refractivity contribution in [2.24, 2.45) is 4.99 Å². The number of halogens is 1. The largest absolute Gasteiger partial charge is 0.507 e. The number of hydrogen-bond donors (Lipinski definition) is 2. The number of aryl methyl sites for hydroxylation is 2. The van der Waals surface area contributed by atoms with Crippen LogP contribution in [0.2, 0.25) is 5.02 Å². The molecule has 184 valence electrons. The molecule has 0 saturated carbocycles. The quantitative estimate of drug-likeness (QED) is 0.226. The van der Waals surface area contributed by atoms with Crippen LogP contribution in [0.5, 0.6) is 23.0 Å². The average molecular weight is 502 g/mol. The summed E-state index contributed by atoms with van der Waals surface area (Å²) < 4.78 is 12.0. The van der Waals surface area contributed by atoms with Crippen LogP contribution in [-0.2, 0) is 6.42 Å². The third-order valence-corrected chi connectivity index (χ3v) is 5.78. The molecule has 1 heterocycles. The van der Waals surface area contributed by atoms with Crippen molar-refractivity contribution in [2.45, 2.75) is 19.8 Å². The number of ether oxygens (including phenoxy) is 2. The van der Waals surface area contributed by atoms with Crippen LogP contribution in [0.3, 0.4) is 0 Å². The number of phenols is 1. The molecule has 0 radical (unpaired) electrons. The van der Waals surface area contributed by atoms with Crippen LogP contribution < -0.4 is 9.47 Å². The van der Waals surface area contributed by atoms with Gasteiger partial charge in [0.2, 0.25) is 0 Å². The van der Waals surface area contributed by atoms with E-state index in [-0.39, 0.29) is 5.75 Å². The number of rotatable bonds is 10. The highest BCUT2D eigenvalue weighted by Crippen LogP contribution is 2.39. The Morgan fingerprint density at radius 2 is 1.81 bits per heavy atom. The molecule has 0 aliphatic carbocycles. The van der Waals surface area contributed by atoms with Gasteiger partial charge in [0, 0.05) is 35.5 Å². The summed E-state index contributed by atoms with van der Waals surface area (Å²) in [7, 11) is 1.74. The van der Waals surface area contributed by atoms with E-state index in [0.717, 1.165) is 24.1 Å². The molecule has 2 N–H and O–H groups in total. The first kappa shape index (κ1) is 25.1. The first-order chi connectivity index (χ1) is 17.5. The van der Waals surface area contributed by atoms with Crippen molar-refractivity contribution >= 4 is 17.8 Å². The van der Waals surface area contributed by atoms with E-state index in [1.807, 2.05) is 25.1 Å². The molecule has 0 fully saturated rings. The zero-order valence-corrected chi connectivity index (χ0v) is 21.0. The Hall–Kier alpha value is -4.03. The lowest BCUT2D eigenvalue weighted by atomic mass is 10.1. The Morgan fingerprint density at radius 1 is 1.06 bits per heavy atom. The monoisotopic (exact) mass is 501 g/mol. The van der Waals surface area contributed by atoms with E-state index in [1.54, 1.807) is 55.7 Å². The Bertz CT molecular complexity index is 1350. The number of nitrogens with zero attached hydrogens (tertiary/aromatic N) is 2. The van der Waals surface area contributed by atoms with Gasteiger partial charge in [0.1, 0.15) is 29.5 Å². The predicted octanol–water partition coefficient (Wildman–Crippen LogP) is 7.18. The molecule has 36 heavy (non-hydrogen) atoms. The van der Waals surface area contributed by atoms with Gasteiger partial charge in [-0.05, 0) is 61.7 Å². The third kappa shape index (κ3) is 6.55. The summed E-state index contributed by atoms with van der Waals surface area (Å²) in [5, 5.41) is 18.7. The number of nitrogens with one attached hydrogen (secondary N) is 1. The molecule has 0 saturated heterocycles. The second kappa shape index (κ2) is 12.1. The van der Waals surface area contributed by atoms with E-state index < -0.39 is 0 Å². The molecule has 7 heteroatoms. The highest BCUT2D eigenvalue weighted by atomic mass is 35.5. The van der Waals surface area contributed by atoms with Crippen LogP contribution in [-0.4, -0.2) is 35.2 Å². The van der Waals surface area contributed by atoms with Crippen molar-refractivity contribution in [1.82, 2.24) is 10.2 Å². The Labute approximate surface area is 215 Å². The van der Waals surface area contributed by atoms with Crippen molar-refractivity contribution < 1.29 is 14.6 Å². The maximum atomic E-state index is 10.8. The predicted molar refractivity (Wildman–Crippen MR) is 145 cm³/mol. The molecule has 1 aromatic heterocycles. The minimum absolute atomic E-state index is 0.0405. The maximum Gasteiger partial charge on any atom is 0.176 e. The molecule has 0 atom stereocenters. The van der Waals surface area contributed by atoms with Crippen molar-refractivity contribution in [3.8, 4) is 34.3 Å². The van der Waals surface area contributed by atoms with E-state index in [4.69, 9.17) is 21.1 Å². The SMILES string of the molecule is C/N=C\C(=C/CCc1ccccc1)COc1ccc(-c2n[nH]c(C)c2Oc2ccc(Cl)cc2)c(O)c1. The number of benzene rings is 3. The van der Waals surface area contributed by atoms with Gasteiger partial charge in [-0.2, -0.15) is 5.10 Å². The number of hydrogen-bond acceptors (Lipinski definition) is 5. The van der Waals surface area contributed by atoms with Gasteiger partial charge >= 0.3 is 0 Å². The summed E-state index contributed by atoms with van der Waals surface area (Å²) in [5.74, 6) is 1.73. The molecule has 0 aliphatic heterocycles. The Balaban J connectivity index is 1.44. The number of aromatic nitrogens is 2. The molecule has 0 aliphatic rings. The third-order valence-electron chi connectivity index (χ3n) is 5.53. The normalized spacial score (nSPS) is 11.7. The van der Waals surface area contributed by atoms with E-state index in [1.165, 1.54) is 5.56 Å². The van der Waals surface area contributed by atoms with Crippen LogP contribution in [0.1, 0.15) is 17.7 Å². The van der Waals surface area contributed by atoms with E-state index in [9.17, 15) is 5.11 Å². The van der Waals surface area contributed by atoms with Gasteiger partial charge in [-0.15, -0.1) is 0 Å². The van der Waals surface area contributed by atoms with Gasteiger partial charge in [-0.25, -0.2) is 0 Å². The lowest BCUT2D eigenvalue weighted by Crippen LogP contribution is -2.03. The summed E-state index contributed by atoms with van der Waals surface area (Å²) >= 11 is 5.97. The highest BCUT2D eigenvalue weighted by molar-refractivity contribution is 6.30. The Kier molecular flexibility index (Phi) is 8.42. The second-order valence-electron chi connectivity index (χ2n) is 8.24. The number of H-pyrrole nitrogens is 1. The maximum absolute atomic E-state index is 10.8. The summed E-state index contributed by atoms with van der Waals surface area (Å²) in [4.78, 5) is 4.14. The molecule has 0 amide bonds. The molecule has 0 bridgehead atoms. The van der Waals surface area contributed by atoms with Crippen molar-refractivity contribution in [3.05, 3.63) is 101 Å². The van der Waals surface area contributed by atoms with Crippen LogP contribution in [0.25, 0.3) is 11.3 Å². The molecular weight excluding hydrogens is 474 g/mol. The first-order valence-electron chi connectivity index (χ1n) is 11.6. The minimum Gasteiger partial charge on any atom is -0.507 e. The lowest BCUT2D eigenvalue weighted by Gasteiger charge is -2.11. The van der Waals surface area contributed by atoms with Crippen LogP contribution >= 0.6 is 11.6 Å². The van der Waals surface area contributed by atoms with Gasteiger partial charge < -0.3 is 14.6 Å². The van der Waals surface area contributed by atoms with Gasteiger partial charge in [0.25, 0.3) is 0 Å². The summed E-state index contributed by atoms with van der Waals surface area (Å²) in [6, 6.07) is 22.6. The second-order valence-corrected chi connectivity index (χ2v) is 8.68. The standard InChI is InChI=1S/C29H28ClN3O3/c1-20-29(36-24-13-11-23(30)12-14-24)28(33-32-20)26-16-15-25(17-27(26)34)35-19-22(18-31-2)10-6-9-21-7-4-3-5-8-21/h3-5,7-8,10-18,34H,6,9,19H2,1-2H3,(H,32,33)/b22-10+,31-18-. The van der Waals surface area contributed by atoms with E-state index in [2.05, 4.69) is 33.4 Å². The fraction of sp³-hybridized carbons (Fsp3) is 0.172.